The minimum Gasteiger partial charge on any atom is -0.310 e. The maximum atomic E-state index is 2.59. The lowest BCUT2D eigenvalue weighted by molar-refractivity contribution is 0.477. The first-order valence-corrected chi connectivity index (χ1v) is 21.7. The van der Waals surface area contributed by atoms with E-state index >= 15 is 0 Å². The zero-order valence-corrected chi connectivity index (χ0v) is 37.8. The van der Waals surface area contributed by atoms with E-state index in [1.807, 2.05) is 0 Å². The van der Waals surface area contributed by atoms with Crippen molar-refractivity contribution in [3.8, 4) is 0 Å². The van der Waals surface area contributed by atoms with Crippen LogP contribution in [0.1, 0.15) is 109 Å². The average Bonchev–Trinajstić information content (AvgIpc) is 3.13. The van der Waals surface area contributed by atoms with Crippen molar-refractivity contribution in [3.63, 3.8) is 0 Å². The second-order valence-corrected chi connectivity index (χ2v) is 18.8. The maximum Gasteiger partial charge on any atom is 0.0543 e. The minimum atomic E-state index is -0.0529. The lowest BCUT2D eigenvalue weighted by Gasteiger charge is -2.34. The van der Waals surface area contributed by atoms with Gasteiger partial charge in [-0.3, -0.25) is 0 Å². The van der Waals surface area contributed by atoms with Crippen molar-refractivity contribution in [3.05, 3.63) is 165 Å². The number of anilines is 6. The molecule has 300 valence electrons. The molecule has 0 amide bonds. The van der Waals surface area contributed by atoms with E-state index in [0.717, 1.165) is 12.8 Å². The SMILES string of the molecule is CCCC(C)(C)c1cc2c(N(c3cc(C)cc(C)c3)c3cc(C)cc(C)c3)cc(C(C)C)c3ccc4c(N(c5cc(C)cc(C)c5)c5cc(C)cc(C)c5)ccc1c4c32. The van der Waals surface area contributed by atoms with Gasteiger partial charge in [-0.05, 0) is 217 Å². The largest absolute Gasteiger partial charge is 0.310 e. The molecular formula is C57H62N2. The van der Waals surface area contributed by atoms with Gasteiger partial charge in [0.25, 0.3) is 0 Å². The smallest absolute Gasteiger partial charge is 0.0543 e. The van der Waals surface area contributed by atoms with E-state index in [1.165, 1.54) is 122 Å². The van der Waals surface area contributed by atoms with Gasteiger partial charge in [0.1, 0.15) is 0 Å². The molecule has 0 atom stereocenters. The Morgan fingerprint density at radius 3 is 1.20 bits per heavy atom. The molecule has 0 heterocycles. The molecule has 0 aliphatic rings. The molecule has 0 aliphatic heterocycles. The van der Waals surface area contributed by atoms with Crippen LogP contribution in [-0.4, -0.2) is 0 Å². The highest BCUT2D eigenvalue weighted by molar-refractivity contribution is 6.29. The van der Waals surface area contributed by atoms with E-state index in [1.54, 1.807) is 0 Å². The zero-order chi connectivity index (χ0) is 42.1. The highest BCUT2D eigenvalue weighted by Gasteiger charge is 2.30. The molecule has 8 rings (SSSR count). The van der Waals surface area contributed by atoms with Gasteiger partial charge in [0, 0.05) is 33.5 Å². The first kappa shape index (κ1) is 40.2. The lowest BCUT2D eigenvalue weighted by Crippen LogP contribution is -2.18. The summed E-state index contributed by atoms with van der Waals surface area (Å²) in [7, 11) is 0. The van der Waals surface area contributed by atoms with Crippen LogP contribution >= 0.6 is 0 Å². The van der Waals surface area contributed by atoms with Crippen LogP contribution in [0.3, 0.4) is 0 Å². The summed E-state index contributed by atoms with van der Waals surface area (Å²) in [6, 6.07) is 42.8. The quantitative estimate of drug-likeness (QED) is 0.128. The Morgan fingerprint density at radius 1 is 0.424 bits per heavy atom. The second kappa shape index (κ2) is 15.2. The van der Waals surface area contributed by atoms with Crippen LogP contribution in [0.4, 0.5) is 34.1 Å². The molecule has 0 saturated carbocycles. The maximum absolute atomic E-state index is 2.59. The van der Waals surface area contributed by atoms with E-state index < -0.39 is 0 Å². The van der Waals surface area contributed by atoms with Crippen LogP contribution in [0.15, 0.2) is 109 Å². The number of hydrogen-bond acceptors (Lipinski definition) is 2. The van der Waals surface area contributed by atoms with Gasteiger partial charge in [0.2, 0.25) is 0 Å². The van der Waals surface area contributed by atoms with Crippen LogP contribution in [-0.2, 0) is 5.41 Å². The molecule has 2 nitrogen and oxygen atoms in total. The lowest BCUT2D eigenvalue weighted by atomic mass is 9.75. The molecular weight excluding hydrogens is 713 g/mol. The van der Waals surface area contributed by atoms with Gasteiger partial charge >= 0.3 is 0 Å². The molecule has 0 aromatic heterocycles. The van der Waals surface area contributed by atoms with Crippen molar-refractivity contribution in [2.75, 3.05) is 9.80 Å². The van der Waals surface area contributed by atoms with Crippen molar-refractivity contribution in [2.24, 2.45) is 0 Å². The van der Waals surface area contributed by atoms with Gasteiger partial charge in [0.05, 0.1) is 11.4 Å². The fraction of sp³-hybridized carbons (Fsp3) is 0.298. The third-order valence-corrected chi connectivity index (χ3v) is 12.5. The first-order chi connectivity index (χ1) is 28.0. The van der Waals surface area contributed by atoms with E-state index in [0.29, 0.717) is 5.92 Å². The van der Waals surface area contributed by atoms with Crippen LogP contribution < -0.4 is 9.80 Å². The van der Waals surface area contributed by atoms with E-state index in [2.05, 4.69) is 209 Å². The average molecular weight is 775 g/mol. The van der Waals surface area contributed by atoms with Crippen molar-refractivity contribution in [1.82, 2.24) is 0 Å². The summed E-state index contributed by atoms with van der Waals surface area (Å²) in [5.74, 6) is 0.316. The van der Waals surface area contributed by atoms with Gasteiger partial charge in [-0.15, -0.1) is 0 Å². The van der Waals surface area contributed by atoms with Crippen molar-refractivity contribution < 1.29 is 0 Å². The summed E-state index contributed by atoms with van der Waals surface area (Å²) in [6.45, 7) is 29.7. The summed E-state index contributed by atoms with van der Waals surface area (Å²) in [6.07, 6.45) is 2.22. The minimum absolute atomic E-state index is 0.0529. The molecule has 0 N–H and O–H groups in total. The fourth-order valence-electron chi connectivity index (χ4n) is 10.3. The Kier molecular flexibility index (Phi) is 10.4. The zero-order valence-electron chi connectivity index (χ0n) is 37.8. The molecule has 0 unspecified atom stereocenters. The Labute approximate surface area is 353 Å². The molecule has 8 aromatic carbocycles. The number of aryl methyl sites for hydroxylation is 8. The second-order valence-electron chi connectivity index (χ2n) is 18.8. The third-order valence-electron chi connectivity index (χ3n) is 12.5. The Hall–Kier alpha value is -5.60. The van der Waals surface area contributed by atoms with E-state index in [-0.39, 0.29) is 5.41 Å². The Bertz CT molecular complexity index is 2700. The van der Waals surface area contributed by atoms with E-state index in [4.69, 9.17) is 0 Å². The van der Waals surface area contributed by atoms with Crippen LogP contribution in [0.25, 0.3) is 32.3 Å². The Morgan fingerprint density at radius 2 is 0.797 bits per heavy atom. The van der Waals surface area contributed by atoms with Crippen LogP contribution in [0, 0.1) is 55.4 Å². The van der Waals surface area contributed by atoms with Crippen molar-refractivity contribution >= 4 is 66.4 Å². The van der Waals surface area contributed by atoms with Crippen LogP contribution in [0.2, 0.25) is 0 Å². The van der Waals surface area contributed by atoms with Gasteiger partial charge < -0.3 is 9.80 Å². The Balaban J connectivity index is 1.58. The summed E-state index contributed by atoms with van der Waals surface area (Å²) < 4.78 is 0. The molecule has 2 heteroatoms. The molecule has 0 fully saturated rings. The monoisotopic (exact) mass is 774 g/mol. The summed E-state index contributed by atoms with van der Waals surface area (Å²) >= 11 is 0. The predicted molar refractivity (Wildman–Crippen MR) is 259 cm³/mol. The summed E-state index contributed by atoms with van der Waals surface area (Å²) in [5, 5.41) is 8.01. The standard InChI is InChI=1S/C57H62N2/c1-14-19-57(12,13)52-32-51-54(59(45-28-39(8)22-40(9)29-45)46-30-41(10)23-42(11)31-46)33-50(34(2)3)47-15-16-49-53(18-17-48(52)56(49)55(47)51)58(43-24-35(4)20-36(5)25-43)44-26-37(6)21-38(7)27-44/h15-18,20-34H,14,19H2,1-13H3. The molecule has 0 bridgehead atoms. The summed E-state index contributed by atoms with van der Waals surface area (Å²) in [5.41, 5.74) is 20.1. The van der Waals surface area contributed by atoms with Crippen LogP contribution in [0.5, 0.6) is 0 Å². The molecule has 0 spiro atoms. The van der Waals surface area contributed by atoms with Crippen molar-refractivity contribution in [1.29, 1.82) is 0 Å². The number of nitrogens with zero attached hydrogens (tertiary/aromatic N) is 2. The van der Waals surface area contributed by atoms with Gasteiger partial charge in [-0.2, -0.15) is 0 Å². The first-order valence-electron chi connectivity index (χ1n) is 21.7. The fourth-order valence-corrected chi connectivity index (χ4v) is 10.3. The normalized spacial score (nSPS) is 12.1. The molecule has 59 heavy (non-hydrogen) atoms. The number of rotatable bonds is 10. The topological polar surface area (TPSA) is 6.48 Å². The van der Waals surface area contributed by atoms with Gasteiger partial charge in [-0.25, -0.2) is 0 Å². The van der Waals surface area contributed by atoms with E-state index in [9.17, 15) is 0 Å². The van der Waals surface area contributed by atoms with Gasteiger partial charge in [0.15, 0.2) is 0 Å². The molecule has 8 aromatic rings. The predicted octanol–water partition coefficient (Wildman–Crippen LogP) is 17.2. The highest BCUT2D eigenvalue weighted by atomic mass is 15.2. The molecule has 0 radical (unpaired) electrons. The number of benzene rings is 8. The summed E-state index contributed by atoms with van der Waals surface area (Å²) in [4.78, 5) is 5.08. The number of hydrogen-bond donors (Lipinski definition) is 0. The van der Waals surface area contributed by atoms with Crippen molar-refractivity contribution in [2.45, 2.75) is 114 Å². The molecule has 0 aliphatic carbocycles. The van der Waals surface area contributed by atoms with Gasteiger partial charge in [-0.1, -0.05) is 83.5 Å². The third kappa shape index (κ3) is 7.37. The highest BCUT2D eigenvalue weighted by Crippen LogP contribution is 2.52. The molecule has 0 saturated heterocycles.